The zero-order chi connectivity index (χ0) is 12.2. The molecule has 2 atom stereocenters. The molecule has 1 aromatic carbocycles. The van der Waals surface area contributed by atoms with Gasteiger partial charge in [0.1, 0.15) is 0 Å². The van der Waals surface area contributed by atoms with Crippen molar-refractivity contribution in [3.8, 4) is 0 Å². The second-order valence-electron chi connectivity index (χ2n) is 4.82. The van der Waals surface area contributed by atoms with E-state index in [0.717, 1.165) is 18.1 Å². The molecule has 1 saturated heterocycles. The predicted molar refractivity (Wildman–Crippen MR) is 58.9 cm³/mol. The van der Waals surface area contributed by atoms with Crippen molar-refractivity contribution in [1.82, 2.24) is 0 Å². The Balaban J connectivity index is 2.10. The minimum atomic E-state index is -4.28. The molecule has 0 radical (unpaired) electrons. The van der Waals surface area contributed by atoms with Gasteiger partial charge in [-0.1, -0.05) is 12.1 Å². The number of benzene rings is 1. The number of alkyl halides is 3. The number of nitrogens with zero attached hydrogens (tertiary/aromatic N) is 1. The van der Waals surface area contributed by atoms with Crippen LogP contribution in [-0.2, 0) is 12.6 Å². The number of rotatable bonds is 0. The highest BCUT2D eigenvalue weighted by Gasteiger charge is 2.43. The lowest BCUT2D eigenvalue weighted by molar-refractivity contribution is -0.137. The van der Waals surface area contributed by atoms with E-state index >= 15 is 0 Å². The van der Waals surface area contributed by atoms with Gasteiger partial charge >= 0.3 is 6.18 Å². The highest BCUT2D eigenvalue weighted by Crippen LogP contribution is 2.45. The molecule has 0 bridgehead atoms. The second-order valence-corrected chi connectivity index (χ2v) is 4.82. The molecule has 5 heteroatoms. The van der Waals surface area contributed by atoms with E-state index in [9.17, 15) is 13.2 Å². The Labute approximate surface area is 97.2 Å². The fourth-order valence-electron chi connectivity index (χ4n) is 3.00. The Morgan fingerprint density at radius 1 is 1.29 bits per heavy atom. The average molecular weight is 242 g/mol. The summed E-state index contributed by atoms with van der Waals surface area (Å²) in [6.07, 6.45) is -2.81. The molecular formula is C12H13F3N2. The summed E-state index contributed by atoms with van der Waals surface area (Å²) in [4.78, 5) is 1.84. The number of hydrogen-bond donors (Lipinski definition) is 1. The Morgan fingerprint density at radius 2 is 2.06 bits per heavy atom. The summed E-state index contributed by atoms with van der Waals surface area (Å²) in [5, 5.41) is 0. The van der Waals surface area contributed by atoms with Gasteiger partial charge in [-0.2, -0.15) is 13.2 Å². The normalized spacial score (nSPS) is 27.2. The lowest BCUT2D eigenvalue weighted by atomic mass is 10.0. The summed E-state index contributed by atoms with van der Waals surface area (Å²) in [6, 6.07) is 4.58. The number of halogens is 3. The Kier molecular flexibility index (Phi) is 2.17. The molecule has 2 heterocycles. The van der Waals surface area contributed by atoms with Crippen molar-refractivity contribution < 1.29 is 13.2 Å². The summed E-state index contributed by atoms with van der Waals surface area (Å²) in [5.41, 5.74) is 6.46. The van der Waals surface area contributed by atoms with E-state index in [-0.39, 0.29) is 12.1 Å². The van der Waals surface area contributed by atoms with Crippen LogP contribution in [0, 0.1) is 0 Å². The van der Waals surface area contributed by atoms with Gasteiger partial charge < -0.3 is 10.6 Å². The zero-order valence-corrected chi connectivity index (χ0v) is 9.17. The van der Waals surface area contributed by atoms with Crippen LogP contribution in [-0.4, -0.2) is 18.6 Å². The number of fused-ring (bicyclic) bond motifs is 3. The molecule has 3 rings (SSSR count). The first kappa shape index (κ1) is 10.9. The number of para-hydroxylation sites is 1. The van der Waals surface area contributed by atoms with Crippen LogP contribution in [0.2, 0.25) is 0 Å². The molecule has 17 heavy (non-hydrogen) atoms. The van der Waals surface area contributed by atoms with E-state index in [1.165, 1.54) is 6.07 Å². The summed E-state index contributed by atoms with van der Waals surface area (Å²) < 4.78 is 38.8. The van der Waals surface area contributed by atoms with Crippen molar-refractivity contribution in [2.45, 2.75) is 31.1 Å². The van der Waals surface area contributed by atoms with Crippen LogP contribution in [0.1, 0.15) is 17.5 Å². The minimum Gasteiger partial charge on any atom is -0.366 e. The molecule has 1 aromatic rings. The van der Waals surface area contributed by atoms with Gasteiger partial charge in [0.15, 0.2) is 0 Å². The van der Waals surface area contributed by atoms with E-state index in [0.29, 0.717) is 18.7 Å². The quantitative estimate of drug-likeness (QED) is 0.755. The van der Waals surface area contributed by atoms with Gasteiger partial charge in [-0.25, -0.2) is 0 Å². The van der Waals surface area contributed by atoms with Gasteiger partial charge in [0.25, 0.3) is 0 Å². The molecule has 2 aliphatic rings. The minimum absolute atomic E-state index is 0.00515. The van der Waals surface area contributed by atoms with Crippen LogP contribution in [0.3, 0.4) is 0 Å². The van der Waals surface area contributed by atoms with Crippen molar-refractivity contribution in [1.29, 1.82) is 0 Å². The fourth-order valence-corrected chi connectivity index (χ4v) is 3.00. The van der Waals surface area contributed by atoms with Crippen molar-refractivity contribution in [3.05, 3.63) is 29.3 Å². The van der Waals surface area contributed by atoms with Crippen molar-refractivity contribution >= 4 is 5.69 Å². The maximum atomic E-state index is 12.9. The zero-order valence-electron chi connectivity index (χ0n) is 9.17. The highest BCUT2D eigenvalue weighted by molar-refractivity contribution is 5.66. The van der Waals surface area contributed by atoms with Crippen LogP contribution in [0.25, 0.3) is 0 Å². The van der Waals surface area contributed by atoms with Crippen LogP contribution in [0.5, 0.6) is 0 Å². The molecule has 2 aliphatic heterocycles. The van der Waals surface area contributed by atoms with E-state index < -0.39 is 11.7 Å². The van der Waals surface area contributed by atoms with Crippen LogP contribution in [0.15, 0.2) is 18.2 Å². The molecule has 0 amide bonds. The predicted octanol–water partition coefficient (Wildman–Crippen LogP) is 2.17. The third kappa shape index (κ3) is 1.60. The second kappa shape index (κ2) is 3.38. The Hall–Kier alpha value is -1.23. The van der Waals surface area contributed by atoms with E-state index in [1.54, 1.807) is 6.07 Å². The van der Waals surface area contributed by atoms with Crippen molar-refractivity contribution in [3.63, 3.8) is 0 Å². The molecule has 2 unspecified atom stereocenters. The van der Waals surface area contributed by atoms with Gasteiger partial charge in [-0.05, 0) is 24.5 Å². The SMILES string of the molecule is NC1CC2Cc3cccc(C(F)(F)F)c3N2C1. The number of anilines is 1. The molecular weight excluding hydrogens is 229 g/mol. The van der Waals surface area contributed by atoms with Crippen LogP contribution in [0.4, 0.5) is 18.9 Å². The summed E-state index contributed by atoms with van der Waals surface area (Å²) >= 11 is 0. The van der Waals surface area contributed by atoms with Gasteiger partial charge in [-0.15, -0.1) is 0 Å². The van der Waals surface area contributed by atoms with E-state index in [2.05, 4.69) is 0 Å². The number of hydrogen-bond acceptors (Lipinski definition) is 2. The van der Waals surface area contributed by atoms with Crippen LogP contribution < -0.4 is 10.6 Å². The topological polar surface area (TPSA) is 29.3 Å². The van der Waals surface area contributed by atoms with Crippen molar-refractivity contribution in [2.75, 3.05) is 11.4 Å². The largest absolute Gasteiger partial charge is 0.418 e. The average Bonchev–Trinajstić information content (AvgIpc) is 2.71. The molecule has 0 spiro atoms. The summed E-state index contributed by atoms with van der Waals surface area (Å²) in [7, 11) is 0. The van der Waals surface area contributed by atoms with Gasteiger partial charge in [0.2, 0.25) is 0 Å². The standard InChI is InChI=1S/C12H13F3N2/c13-12(14,15)10-3-1-2-7-4-9-5-8(16)6-17(9)11(7)10/h1-3,8-9H,4-6,16H2. The van der Waals surface area contributed by atoms with Gasteiger partial charge in [0, 0.05) is 18.6 Å². The van der Waals surface area contributed by atoms with Crippen LogP contribution >= 0.6 is 0 Å². The monoisotopic (exact) mass is 242 g/mol. The third-order valence-electron chi connectivity index (χ3n) is 3.61. The summed E-state index contributed by atoms with van der Waals surface area (Å²) in [5.74, 6) is 0. The Bertz CT molecular complexity index is 456. The molecule has 2 nitrogen and oxygen atoms in total. The maximum absolute atomic E-state index is 12.9. The molecule has 0 saturated carbocycles. The lowest BCUT2D eigenvalue weighted by Gasteiger charge is -2.22. The number of nitrogens with two attached hydrogens (primary N) is 1. The fraction of sp³-hybridized carbons (Fsp3) is 0.500. The first-order valence-electron chi connectivity index (χ1n) is 5.68. The van der Waals surface area contributed by atoms with Gasteiger partial charge in [-0.3, -0.25) is 0 Å². The lowest BCUT2D eigenvalue weighted by Crippen LogP contribution is -2.29. The first-order valence-corrected chi connectivity index (χ1v) is 5.68. The summed E-state index contributed by atoms with van der Waals surface area (Å²) in [6.45, 7) is 0.532. The molecule has 0 aromatic heterocycles. The van der Waals surface area contributed by atoms with E-state index in [4.69, 9.17) is 5.73 Å². The molecule has 1 fully saturated rings. The smallest absolute Gasteiger partial charge is 0.366 e. The molecule has 0 aliphatic carbocycles. The maximum Gasteiger partial charge on any atom is 0.418 e. The molecule has 92 valence electrons. The highest BCUT2D eigenvalue weighted by atomic mass is 19.4. The first-order chi connectivity index (χ1) is 7.97. The van der Waals surface area contributed by atoms with Gasteiger partial charge in [0.05, 0.1) is 11.3 Å². The Morgan fingerprint density at radius 3 is 2.76 bits per heavy atom. The van der Waals surface area contributed by atoms with E-state index in [1.807, 2.05) is 4.90 Å². The third-order valence-corrected chi connectivity index (χ3v) is 3.61. The molecule has 2 N–H and O–H groups in total. The van der Waals surface area contributed by atoms with Crippen molar-refractivity contribution in [2.24, 2.45) is 5.73 Å².